The van der Waals surface area contributed by atoms with Crippen molar-refractivity contribution in [3.8, 4) is 0 Å². The van der Waals surface area contributed by atoms with E-state index in [4.69, 9.17) is 0 Å². The molecule has 0 aromatic carbocycles. The average molecular weight is 282 g/mol. The molecule has 4 nitrogen and oxygen atoms in total. The molecular weight excluding hydrogens is 250 g/mol. The highest BCUT2D eigenvalue weighted by atomic mass is 16.2. The molecule has 0 bridgehead atoms. The van der Waals surface area contributed by atoms with Gasteiger partial charge in [-0.2, -0.15) is 0 Å². The second kappa shape index (κ2) is 8.63. The number of amides is 1. The zero-order chi connectivity index (χ0) is 15.0. The highest BCUT2D eigenvalue weighted by Gasteiger charge is 2.28. The Balaban J connectivity index is 2.47. The molecule has 0 aromatic rings. The molecule has 4 heteroatoms. The molecule has 0 spiro atoms. The molecule has 1 aliphatic rings. The van der Waals surface area contributed by atoms with Crippen molar-refractivity contribution in [2.24, 2.45) is 0 Å². The van der Waals surface area contributed by atoms with Crippen molar-refractivity contribution in [2.75, 3.05) is 26.2 Å². The smallest absolute Gasteiger partial charge is 0.224 e. The standard InChI is InChI=1S/C16H32N3O/c1-5-11-19(12-6-2)15(20)13-16(3,4)18-14-7-9-17-10-8-14/h14,18H,5-13H2,1-4H3. The number of carbonyl (C=O) groups excluding carboxylic acids is 1. The fourth-order valence-electron chi connectivity index (χ4n) is 2.89. The zero-order valence-electron chi connectivity index (χ0n) is 13.7. The number of rotatable bonds is 8. The molecule has 0 aliphatic carbocycles. The van der Waals surface area contributed by atoms with Gasteiger partial charge in [0.1, 0.15) is 0 Å². The van der Waals surface area contributed by atoms with E-state index in [2.05, 4.69) is 38.3 Å². The molecule has 1 rings (SSSR count). The second-order valence-corrected chi connectivity index (χ2v) is 6.53. The van der Waals surface area contributed by atoms with Crippen molar-refractivity contribution < 1.29 is 4.79 Å². The topological polar surface area (TPSA) is 46.4 Å². The van der Waals surface area contributed by atoms with Gasteiger partial charge in [0.15, 0.2) is 0 Å². The van der Waals surface area contributed by atoms with E-state index in [9.17, 15) is 4.79 Å². The molecule has 0 atom stereocenters. The van der Waals surface area contributed by atoms with Crippen LogP contribution in [-0.4, -0.2) is 48.6 Å². The molecule has 0 unspecified atom stereocenters. The van der Waals surface area contributed by atoms with Gasteiger partial charge in [-0.1, -0.05) is 13.8 Å². The molecule has 20 heavy (non-hydrogen) atoms. The first kappa shape index (κ1) is 17.4. The van der Waals surface area contributed by atoms with Crippen molar-refractivity contribution in [1.29, 1.82) is 0 Å². The number of nitrogens with one attached hydrogen (secondary N) is 1. The summed E-state index contributed by atoms with van der Waals surface area (Å²) < 4.78 is 0. The van der Waals surface area contributed by atoms with E-state index in [1.54, 1.807) is 0 Å². The first-order valence-corrected chi connectivity index (χ1v) is 8.17. The van der Waals surface area contributed by atoms with Gasteiger partial charge in [-0.3, -0.25) is 4.79 Å². The first-order chi connectivity index (χ1) is 9.48. The maximum atomic E-state index is 12.4. The number of nitrogens with zero attached hydrogens (tertiary/aromatic N) is 2. The summed E-state index contributed by atoms with van der Waals surface area (Å²) in [6.45, 7) is 12.2. The molecule has 1 N–H and O–H groups in total. The van der Waals surface area contributed by atoms with Crippen LogP contribution in [0.1, 0.15) is 59.8 Å². The van der Waals surface area contributed by atoms with E-state index in [1.807, 2.05) is 4.90 Å². The normalized spacial score (nSPS) is 17.2. The van der Waals surface area contributed by atoms with Crippen LogP contribution in [0.2, 0.25) is 0 Å². The second-order valence-electron chi connectivity index (χ2n) is 6.53. The SMILES string of the molecule is CCCN(CCC)C(=O)CC(C)(C)NC1CC[N]CC1. The predicted octanol–water partition coefficient (Wildman–Crippen LogP) is 2.16. The van der Waals surface area contributed by atoms with Crippen LogP contribution >= 0.6 is 0 Å². The van der Waals surface area contributed by atoms with Crippen molar-refractivity contribution >= 4 is 5.91 Å². The summed E-state index contributed by atoms with van der Waals surface area (Å²) in [5.74, 6) is 0.284. The lowest BCUT2D eigenvalue weighted by molar-refractivity contribution is -0.132. The summed E-state index contributed by atoms with van der Waals surface area (Å²) in [6.07, 6.45) is 4.85. The zero-order valence-corrected chi connectivity index (χ0v) is 13.7. The Kier molecular flexibility index (Phi) is 7.52. The Morgan fingerprint density at radius 1 is 1.20 bits per heavy atom. The van der Waals surface area contributed by atoms with Crippen LogP contribution in [0.25, 0.3) is 0 Å². The van der Waals surface area contributed by atoms with Crippen LogP contribution in [0.5, 0.6) is 0 Å². The summed E-state index contributed by atoms with van der Waals surface area (Å²) in [5, 5.41) is 8.04. The number of carbonyl (C=O) groups is 1. The third-order valence-electron chi connectivity index (χ3n) is 3.80. The first-order valence-electron chi connectivity index (χ1n) is 8.17. The molecule has 0 aromatic heterocycles. The van der Waals surface area contributed by atoms with E-state index in [0.717, 1.165) is 51.9 Å². The summed E-state index contributed by atoms with van der Waals surface area (Å²) in [4.78, 5) is 14.5. The lowest BCUT2D eigenvalue weighted by Crippen LogP contribution is -2.51. The molecular formula is C16H32N3O. The van der Waals surface area contributed by atoms with E-state index in [1.165, 1.54) is 0 Å². The summed E-state index contributed by atoms with van der Waals surface area (Å²) in [6, 6.07) is 0.515. The summed E-state index contributed by atoms with van der Waals surface area (Å²) in [7, 11) is 0. The van der Waals surface area contributed by atoms with E-state index in [-0.39, 0.29) is 11.4 Å². The number of hydrogen-bond acceptors (Lipinski definition) is 2. The molecule has 1 aliphatic heterocycles. The van der Waals surface area contributed by atoms with Gasteiger partial charge >= 0.3 is 0 Å². The highest BCUT2D eigenvalue weighted by Crippen LogP contribution is 2.16. The summed E-state index contributed by atoms with van der Waals surface area (Å²) in [5.41, 5.74) is -0.126. The Morgan fingerprint density at radius 3 is 2.25 bits per heavy atom. The Morgan fingerprint density at radius 2 is 1.75 bits per heavy atom. The maximum Gasteiger partial charge on any atom is 0.224 e. The van der Waals surface area contributed by atoms with Gasteiger partial charge in [-0.15, -0.1) is 0 Å². The van der Waals surface area contributed by atoms with Gasteiger partial charge in [0.2, 0.25) is 5.91 Å². The molecule has 1 radical (unpaired) electrons. The highest BCUT2D eigenvalue weighted by molar-refractivity contribution is 5.77. The van der Waals surface area contributed by atoms with Crippen molar-refractivity contribution in [2.45, 2.75) is 71.4 Å². The van der Waals surface area contributed by atoms with E-state index < -0.39 is 0 Å². The lowest BCUT2D eigenvalue weighted by atomic mass is 9.95. The lowest BCUT2D eigenvalue weighted by Gasteiger charge is -2.35. The van der Waals surface area contributed by atoms with E-state index in [0.29, 0.717) is 12.5 Å². The van der Waals surface area contributed by atoms with Crippen LogP contribution in [0, 0.1) is 0 Å². The Hall–Kier alpha value is -0.610. The Bertz CT molecular complexity index is 279. The van der Waals surface area contributed by atoms with Crippen molar-refractivity contribution in [3.63, 3.8) is 0 Å². The van der Waals surface area contributed by atoms with Gasteiger partial charge < -0.3 is 10.2 Å². The minimum absolute atomic E-state index is 0.126. The van der Waals surface area contributed by atoms with Crippen molar-refractivity contribution in [1.82, 2.24) is 15.5 Å². The largest absolute Gasteiger partial charge is 0.343 e. The average Bonchev–Trinajstić information content (AvgIpc) is 2.38. The number of hydrogen-bond donors (Lipinski definition) is 1. The minimum atomic E-state index is -0.126. The fourth-order valence-corrected chi connectivity index (χ4v) is 2.89. The van der Waals surface area contributed by atoms with Crippen LogP contribution < -0.4 is 10.6 Å². The van der Waals surface area contributed by atoms with Crippen LogP contribution in [0.4, 0.5) is 0 Å². The predicted molar refractivity (Wildman–Crippen MR) is 83.9 cm³/mol. The molecule has 1 saturated heterocycles. The molecule has 1 amide bonds. The van der Waals surface area contributed by atoms with Gasteiger partial charge in [0.05, 0.1) is 0 Å². The van der Waals surface area contributed by atoms with Crippen LogP contribution in [0.15, 0.2) is 0 Å². The van der Waals surface area contributed by atoms with Crippen LogP contribution in [-0.2, 0) is 4.79 Å². The maximum absolute atomic E-state index is 12.4. The monoisotopic (exact) mass is 282 g/mol. The molecule has 0 saturated carbocycles. The molecule has 1 fully saturated rings. The van der Waals surface area contributed by atoms with Gasteiger partial charge in [-0.25, -0.2) is 5.32 Å². The van der Waals surface area contributed by atoms with Gasteiger partial charge in [0, 0.05) is 44.2 Å². The third kappa shape index (κ3) is 6.23. The Labute approximate surface area is 124 Å². The van der Waals surface area contributed by atoms with Gasteiger partial charge in [-0.05, 0) is 39.5 Å². The minimum Gasteiger partial charge on any atom is -0.343 e. The quantitative estimate of drug-likeness (QED) is 0.741. The van der Waals surface area contributed by atoms with Crippen molar-refractivity contribution in [3.05, 3.63) is 0 Å². The third-order valence-corrected chi connectivity index (χ3v) is 3.80. The number of piperidine rings is 1. The fraction of sp³-hybridized carbons (Fsp3) is 0.938. The van der Waals surface area contributed by atoms with Gasteiger partial charge in [0.25, 0.3) is 0 Å². The molecule has 1 heterocycles. The summed E-state index contributed by atoms with van der Waals surface area (Å²) >= 11 is 0. The van der Waals surface area contributed by atoms with Crippen LogP contribution in [0.3, 0.4) is 0 Å². The molecule has 117 valence electrons. The van der Waals surface area contributed by atoms with E-state index >= 15 is 0 Å².